The molecular weight excluding hydrogens is 234 g/mol. The summed E-state index contributed by atoms with van der Waals surface area (Å²) in [6.45, 7) is 12.0. The Bertz CT molecular complexity index is 443. The summed E-state index contributed by atoms with van der Waals surface area (Å²) in [4.78, 5) is 13.2. The molecule has 0 radical (unpaired) electrons. The van der Waals surface area contributed by atoms with Crippen molar-refractivity contribution in [3.63, 3.8) is 0 Å². The van der Waals surface area contributed by atoms with Crippen molar-refractivity contribution in [2.24, 2.45) is 0 Å². The number of carbonyl (C=O) groups excluding carboxylic acids is 1. The summed E-state index contributed by atoms with van der Waals surface area (Å²) in [6.07, 6.45) is 1.000. The second kappa shape index (κ2) is 6.33. The monoisotopic (exact) mass is 261 g/mol. The first-order valence-corrected chi connectivity index (χ1v) is 6.98. The first kappa shape index (κ1) is 15.9. The zero-order valence-corrected chi connectivity index (χ0v) is 13.2. The van der Waals surface area contributed by atoms with Gasteiger partial charge >= 0.3 is 0 Å². The van der Waals surface area contributed by atoms with E-state index in [-0.39, 0.29) is 11.2 Å². The van der Waals surface area contributed by atoms with Crippen LogP contribution in [-0.4, -0.2) is 30.8 Å². The van der Waals surface area contributed by atoms with E-state index < -0.39 is 0 Å². The summed E-state index contributed by atoms with van der Waals surface area (Å²) in [7, 11) is 2.00. The maximum atomic E-state index is 11.1. The van der Waals surface area contributed by atoms with Crippen LogP contribution in [0.3, 0.4) is 0 Å². The molecule has 1 rings (SSSR count). The number of benzene rings is 1. The van der Waals surface area contributed by atoms with Crippen molar-refractivity contribution < 1.29 is 4.79 Å². The summed E-state index contributed by atoms with van der Waals surface area (Å²) < 4.78 is 0. The topological polar surface area (TPSA) is 20.3 Å². The maximum absolute atomic E-state index is 11.1. The molecule has 2 nitrogen and oxygen atoms in total. The number of nitrogens with zero attached hydrogens (tertiary/aromatic N) is 1. The van der Waals surface area contributed by atoms with Gasteiger partial charge in [0.05, 0.1) is 6.54 Å². The van der Waals surface area contributed by atoms with Crippen molar-refractivity contribution in [1.82, 2.24) is 4.90 Å². The lowest BCUT2D eigenvalue weighted by Gasteiger charge is -2.22. The van der Waals surface area contributed by atoms with Crippen molar-refractivity contribution in [2.75, 3.05) is 20.1 Å². The van der Waals surface area contributed by atoms with Gasteiger partial charge in [0.2, 0.25) is 0 Å². The van der Waals surface area contributed by atoms with Gasteiger partial charge in [0.25, 0.3) is 0 Å². The molecule has 1 aromatic rings. The van der Waals surface area contributed by atoms with Gasteiger partial charge in [0, 0.05) is 6.54 Å². The Morgan fingerprint density at radius 2 is 1.89 bits per heavy atom. The highest BCUT2D eigenvalue weighted by atomic mass is 16.1. The van der Waals surface area contributed by atoms with Gasteiger partial charge in [-0.2, -0.15) is 0 Å². The molecule has 1 aromatic carbocycles. The first-order chi connectivity index (χ1) is 8.70. The normalized spacial score (nSPS) is 11.9. The Balaban J connectivity index is 2.75. The number of rotatable bonds is 5. The molecule has 19 heavy (non-hydrogen) atoms. The van der Waals surface area contributed by atoms with Crippen LogP contribution in [0.4, 0.5) is 0 Å². The Kier molecular flexibility index (Phi) is 5.30. The number of aryl methyl sites for hydroxylation is 1. The molecule has 106 valence electrons. The van der Waals surface area contributed by atoms with Gasteiger partial charge in [-0.1, -0.05) is 39.0 Å². The Morgan fingerprint density at radius 3 is 2.42 bits per heavy atom. The summed E-state index contributed by atoms with van der Waals surface area (Å²) in [5, 5.41) is 0. The molecule has 0 spiro atoms. The zero-order valence-electron chi connectivity index (χ0n) is 13.2. The number of carbonyl (C=O) groups is 1. The first-order valence-electron chi connectivity index (χ1n) is 6.98. The SMILES string of the molecule is CC(=O)CN(C)CCc1cc(C(C)(C)C)ccc1C. The number of likely N-dealkylation sites (N-methyl/N-ethyl adjacent to an activating group) is 1. The second-order valence-corrected chi connectivity index (χ2v) is 6.58. The highest BCUT2D eigenvalue weighted by molar-refractivity contribution is 5.77. The molecule has 2 heteroatoms. The molecule has 0 aliphatic heterocycles. The van der Waals surface area contributed by atoms with Crippen LogP contribution in [0.1, 0.15) is 44.4 Å². The van der Waals surface area contributed by atoms with Crippen LogP contribution in [0.5, 0.6) is 0 Å². The smallest absolute Gasteiger partial charge is 0.143 e. The summed E-state index contributed by atoms with van der Waals surface area (Å²) in [6, 6.07) is 6.75. The van der Waals surface area contributed by atoms with E-state index in [9.17, 15) is 4.79 Å². The lowest BCUT2D eigenvalue weighted by molar-refractivity contribution is -0.117. The molecule has 0 saturated carbocycles. The number of hydrogen-bond donors (Lipinski definition) is 0. The summed E-state index contributed by atoms with van der Waals surface area (Å²) >= 11 is 0. The molecule has 0 unspecified atom stereocenters. The van der Waals surface area contributed by atoms with E-state index in [0.29, 0.717) is 6.54 Å². The fraction of sp³-hybridized carbons (Fsp3) is 0.588. The van der Waals surface area contributed by atoms with Gasteiger partial charge in [0.15, 0.2) is 0 Å². The van der Waals surface area contributed by atoms with Gasteiger partial charge < -0.3 is 0 Å². The number of hydrogen-bond acceptors (Lipinski definition) is 2. The van der Waals surface area contributed by atoms with Gasteiger partial charge in [-0.15, -0.1) is 0 Å². The van der Waals surface area contributed by atoms with Crippen molar-refractivity contribution >= 4 is 5.78 Å². The molecule has 0 aliphatic carbocycles. The van der Waals surface area contributed by atoms with Crippen LogP contribution in [0.15, 0.2) is 18.2 Å². The van der Waals surface area contributed by atoms with Crippen molar-refractivity contribution in [1.29, 1.82) is 0 Å². The fourth-order valence-corrected chi connectivity index (χ4v) is 2.18. The molecule has 0 saturated heterocycles. The predicted octanol–water partition coefficient (Wildman–Crippen LogP) is 3.36. The van der Waals surface area contributed by atoms with E-state index in [0.717, 1.165) is 13.0 Å². The predicted molar refractivity (Wildman–Crippen MR) is 81.8 cm³/mol. The average Bonchev–Trinajstić information content (AvgIpc) is 2.25. The number of ketones is 1. The Labute approximate surface area is 117 Å². The third kappa shape index (κ3) is 5.15. The lowest BCUT2D eigenvalue weighted by Crippen LogP contribution is -2.26. The minimum absolute atomic E-state index is 0.188. The highest BCUT2D eigenvalue weighted by Gasteiger charge is 2.14. The van der Waals surface area contributed by atoms with E-state index in [1.54, 1.807) is 6.92 Å². The van der Waals surface area contributed by atoms with Crippen LogP contribution < -0.4 is 0 Å². The molecule has 0 heterocycles. The van der Waals surface area contributed by atoms with Gasteiger partial charge in [-0.3, -0.25) is 9.69 Å². The Morgan fingerprint density at radius 1 is 1.26 bits per heavy atom. The minimum Gasteiger partial charge on any atom is -0.299 e. The van der Waals surface area contributed by atoms with Crippen molar-refractivity contribution in [3.8, 4) is 0 Å². The fourth-order valence-electron chi connectivity index (χ4n) is 2.18. The van der Waals surface area contributed by atoms with Crippen LogP contribution in [0, 0.1) is 6.92 Å². The van der Waals surface area contributed by atoms with Crippen LogP contribution in [0.2, 0.25) is 0 Å². The number of Topliss-reactive ketones (excluding diaryl/α,β-unsaturated/α-hetero) is 1. The van der Waals surface area contributed by atoms with E-state index in [4.69, 9.17) is 0 Å². The third-order valence-corrected chi connectivity index (χ3v) is 3.47. The van der Waals surface area contributed by atoms with Crippen LogP contribution in [0.25, 0.3) is 0 Å². The van der Waals surface area contributed by atoms with Gasteiger partial charge in [-0.05, 0) is 49.4 Å². The van der Waals surface area contributed by atoms with E-state index in [1.165, 1.54) is 16.7 Å². The molecule has 0 atom stereocenters. The molecular formula is C17H27NO. The van der Waals surface area contributed by atoms with E-state index in [2.05, 4.69) is 50.8 Å². The molecule has 0 aliphatic rings. The highest BCUT2D eigenvalue weighted by Crippen LogP contribution is 2.24. The van der Waals surface area contributed by atoms with Crippen molar-refractivity contribution in [3.05, 3.63) is 34.9 Å². The summed E-state index contributed by atoms with van der Waals surface area (Å²) in [5.74, 6) is 0.225. The van der Waals surface area contributed by atoms with E-state index >= 15 is 0 Å². The summed E-state index contributed by atoms with van der Waals surface area (Å²) in [5.41, 5.74) is 4.29. The molecule has 0 amide bonds. The van der Waals surface area contributed by atoms with Crippen molar-refractivity contribution in [2.45, 2.75) is 46.5 Å². The Hall–Kier alpha value is -1.15. The second-order valence-electron chi connectivity index (χ2n) is 6.58. The third-order valence-electron chi connectivity index (χ3n) is 3.47. The largest absolute Gasteiger partial charge is 0.299 e. The van der Waals surface area contributed by atoms with Gasteiger partial charge in [-0.25, -0.2) is 0 Å². The van der Waals surface area contributed by atoms with Crippen LogP contribution in [-0.2, 0) is 16.6 Å². The molecule has 0 N–H and O–H groups in total. The lowest BCUT2D eigenvalue weighted by atomic mass is 9.85. The quantitative estimate of drug-likeness (QED) is 0.810. The van der Waals surface area contributed by atoms with Gasteiger partial charge in [0.1, 0.15) is 5.78 Å². The van der Waals surface area contributed by atoms with E-state index in [1.807, 2.05) is 7.05 Å². The maximum Gasteiger partial charge on any atom is 0.143 e. The molecule has 0 aromatic heterocycles. The molecule has 0 fully saturated rings. The zero-order chi connectivity index (χ0) is 14.6. The van der Waals surface area contributed by atoms with Crippen LogP contribution >= 0.6 is 0 Å². The molecule has 0 bridgehead atoms. The average molecular weight is 261 g/mol. The minimum atomic E-state index is 0.188. The standard InChI is InChI=1S/C17H27NO/c1-13-7-8-16(17(3,4)5)11-15(13)9-10-18(6)12-14(2)19/h7-8,11H,9-10,12H2,1-6H3.